The third-order valence-corrected chi connectivity index (χ3v) is 4.64. The zero-order valence-corrected chi connectivity index (χ0v) is 11.4. The quantitative estimate of drug-likeness (QED) is 0.891. The molecular weight excluding hydrogens is 226 g/mol. The average Bonchev–Trinajstić information content (AvgIpc) is 2.94. The summed E-state index contributed by atoms with van der Waals surface area (Å²) in [4.78, 5) is 4.58. The summed E-state index contributed by atoms with van der Waals surface area (Å²) in [6.45, 7) is 2.25. The van der Waals surface area contributed by atoms with Gasteiger partial charge in [-0.25, -0.2) is 0 Å². The fraction of sp³-hybridized carbons (Fsp3) is 0.857. The molecular formula is C14H23N3O. The van der Waals surface area contributed by atoms with E-state index in [2.05, 4.69) is 29.4 Å². The van der Waals surface area contributed by atoms with Crippen LogP contribution in [-0.2, 0) is 6.42 Å². The van der Waals surface area contributed by atoms with Crippen molar-refractivity contribution in [1.29, 1.82) is 0 Å². The summed E-state index contributed by atoms with van der Waals surface area (Å²) in [6.07, 6.45) is 7.41. The molecule has 1 N–H and O–H groups in total. The molecule has 2 saturated carbocycles. The number of aromatic nitrogens is 2. The minimum absolute atomic E-state index is 0.564. The van der Waals surface area contributed by atoms with Crippen molar-refractivity contribution in [3.63, 3.8) is 0 Å². The smallest absolute Gasteiger partial charge is 0.226 e. The van der Waals surface area contributed by atoms with E-state index in [1.165, 1.54) is 32.1 Å². The van der Waals surface area contributed by atoms with E-state index in [9.17, 15) is 0 Å². The van der Waals surface area contributed by atoms with Gasteiger partial charge < -0.3 is 9.84 Å². The van der Waals surface area contributed by atoms with Crippen LogP contribution in [0.5, 0.6) is 0 Å². The van der Waals surface area contributed by atoms with Crippen molar-refractivity contribution in [3.8, 4) is 0 Å². The fourth-order valence-electron chi connectivity index (χ4n) is 3.24. The molecule has 1 aromatic heterocycles. The molecule has 4 nitrogen and oxygen atoms in total. The van der Waals surface area contributed by atoms with Crippen molar-refractivity contribution in [3.05, 3.63) is 11.7 Å². The lowest BCUT2D eigenvalue weighted by Crippen LogP contribution is -2.37. The SMILES string of the molecule is CNC1CCCCC1Cc1nc(C2CC2C)no1. The molecule has 0 bridgehead atoms. The Balaban J connectivity index is 1.62. The Kier molecular flexibility index (Phi) is 3.37. The zero-order valence-electron chi connectivity index (χ0n) is 11.4. The molecule has 0 radical (unpaired) electrons. The summed E-state index contributed by atoms with van der Waals surface area (Å²) in [6, 6.07) is 0.619. The molecule has 2 fully saturated rings. The van der Waals surface area contributed by atoms with Gasteiger partial charge in [-0.05, 0) is 38.1 Å². The third kappa shape index (κ3) is 2.44. The maximum Gasteiger partial charge on any atom is 0.226 e. The molecule has 0 aromatic carbocycles. The topological polar surface area (TPSA) is 51.0 Å². The van der Waals surface area contributed by atoms with E-state index in [0.29, 0.717) is 17.9 Å². The van der Waals surface area contributed by atoms with Crippen LogP contribution in [0.4, 0.5) is 0 Å². The van der Waals surface area contributed by atoms with E-state index < -0.39 is 0 Å². The van der Waals surface area contributed by atoms with Crippen LogP contribution in [-0.4, -0.2) is 23.2 Å². The molecule has 4 unspecified atom stereocenters. The van der Waals surface area contributed by atoms with Crippen molar-refractivity contribution >= 4 is 0 Å². The number of hydrogen-bond acceptors (Lipinski definition) is 4. The van der Waals surface area contributed by atoms with Crippen LogP contribution in [0.2, 0.25) is 0 Å². The third-order valence-electron chi connectivity index (χ3n) is 4.64. The van der Waals surface area contributed by atoms with Crippen molar-refractivity contribution < 1.29 is 4.52 Å². The summed E-state index contributed by atoms with van der Waals surface area (Å²) in [7, 11) is 2.06. The van der Waals surface area contributed by atoms with Crippen LogP contribution < -0.4 is 5.32 Å². The van der Waals surface area contributed by atoms with Crippen LogP contribution in [0.3, 0.4) is 0 Å². The Morgan fingerprint density at radius 1 is 1.33 bits per heavy atom. The van der Waals surface area contributed by atoms with Gasteiger partial charge >= 0.3 is 0 Å². The highest BCUT2D eigenvalue weighted by molar-refractivity contribution is 5.07. The van der Waals surface area contributed by atoms with Gasteiger partial charge in [-0.1, -0.05) is 24.9 Å². The molecule has 0 aliphatic heterocycles. The Bertz CT molecular complexity index is 403. The van der Waals surface area contributed by atoms with Crippen molar-refractivity contribution in [2.75, 3.05) is 7.05 Å². The minimum atomic E-state index is 0.564. The first-order valence-corrected chi connectivity index (χ1v) is 7.27. The molecule has 2 aliphatic rings. The van der Waals surface area contributed by atoms with Crippen molar-refractivity contribution in [1.82, 2.24) is 15.5 Å². The number of rotatable bonds is 4. The van der Waals surface area contributed by atoms with Gasteiger partial charge in [-0.2, -0.15) is 4.98 Å². The molecule has 1 aromatic rings. The molecule has 100 valence electrons. The van der Waals surface area contributed by atoms with Gasteiger partial charge in [0.2, 0.25) is 5.89 Å². The summed E-state index contributed by atoms with van der Waals surface area (Å²) in [5.41, 5.74) is 0. The highest BCUT2D eigenvalue weighted by atomic mass is 16.5. The van der Waals surface area contributed by atoms with E-state index in [4.69, 9.17) is 4.52 Å². The Morgan fingerprint density at radius 3 is 2.83 bits per heavy atom. The van der Waals surface area contributed by atoms with Crippen LogP contribution in [0, 0.1) is 11.8 Å². The molecule has 4 atom stereocenters. The standard InChI is InChI=1S/C14H23N3O/c1-9-7-11(9)14-16-13(18-17-14)8-10-5-3-4-6-12(10)15-2/h9-12,15H,3-8H2,1-2H3. The number of nitrogens with zero attached hydrogens (tertiary/aromatic N) is 2. The Labute approximate surface area is 109 Å². The predicted molar refractivity (Wildman–Crippen MR) is 69.3 cm³/mol. The molecule has 18 heavy (non-hydrogen) atoms. The summed E-state index contributed by atoms with van der Waals surface area (Å²) in [5, 5.41) is 7.57. The van der Waals surface area contributed by atoms with Crippen LogP contribution in [0.1, 0.15) is 56.7 Å². The van der Waals surface area contributed by atoms with Crippen molar-refractivity contribution in [2.24, 2.45) is 11.8 Å². The summed E-state index contributed by atoms with van der Waals surface area (Å²) >= 11 is 0. The fourth-order valence-corrected chi connectivity index (χ4v) is 3.24. The second kappa shape index (κ2) is 5.00. The first-order chi connectivity index (χ1) is 8.78. The number of nitrogens with one attached hydrogen (secondary N) is 1. The lowest BCUT2D eigenvalue weighted by molar-refractivity contribution is 0.248. The molecule has 0 amide bonds. The molecule has 2 aliphatic carbocycles. The molecule has 0 spiro atoms. The van der Waals surface area contributed by atoms with Gasteiger partial charge in [0.25, 0.3) is 0 Å². The van der Waals surface area contributed by atoms with E-state index >= 15 is 0 Å². The van der Waals surface area contributed by atoms with Crippen LogP contribution in [0.15, 0.2) is 4.52 Å². The highest BCUT2D eigenvalue weighted by Gasteiger charge is 2.38. The maximum atomic E-state index is 5.42. The second-order valence-corrected chi connectivity index (χ2v) is 6.01. The van der Waals surface area contributed by atoms with E-state index in [-0.39, 0.29) is 0 Å². The van der Waals surface area contributed by atoms with Gasteiger partial charge in [-0.15, -0.1) is 0 Å². The van der Waals surface area contributed by atoms with Crippen molar-refractivity contribution in [2.45, 2.75) is 57.4 Å². The van der Waals surface area contributed by atoms with Crippen LogP contribution in [0.25, 0.3) is 0 Å². The average molecular weight is 249 g/mol. The minimum Gasteiger partial charge on any atom is -0.339 e. The molecule has 3 rings (SSSR count). The van der Waals surface area contributed by atoms with Gasteiger partial charge in [0.1, 0.15) is 0 Å². The first-order valence-electron chi connectivity index (χ1n) is 7.27. The van der Waals surface area contributed by atoms with Gasteiger partial charge in [-0.3, -0.25) is 0 Å². The Hall–Kier alpha value is -0.900. The zero-order chi connectivity index (χ0) is 12.5. The summed E-state index contributed by atoms with van der Waals surface area (Å²) in [5.74, 6) is 3.75. The maximum absolute atomic E-state index is 5.42. The van der Waals surface area contributed by atoms with Crippen LogP contribution >= 0.6 is 0 Å². The predicted octanol–water partition coefficient (Wildman–Crippen LogP) is 2.51. The van der Waals surface area contributed by atoms with E-state index in [1.54, 1.807) is 0 Å². The largest absolute Gasteiger partial charge is 0.339 e. The van der Waals surface area contributed by atoms with Gasteiger partial charge in [0.15, 0.2) is 5.82 Å². The highest BCUT2D eigenvalue weighted by Crippen LogP contribution is 2.45. The van der Waals surface area contributed by atoms with Gasteiger partial charge in [0.05, 0.1) is 0 Å². The lowest BCUT2D eigenvalue weighted by Gasteiger charge is -2.30. The molecule has 4 heteroatoms. The first kappa shape index (κ1) is 12.2. The van der Waals surface area contributed by atoms with E-state index in [1.807, 2.05) is 0 Å². The van der Waals surface area contributed by atoms with E-state index in [0.717, 1.165) is 24.1 Å². The lowest BCUT2D eigenvalue weighted by atomic mass is 9.82. The Morgan fingerprint density at radius 2 is 2.11 bits per heavy atom. The normalized spacial score (nSPS) is 35.7. The van der Waals surface area contributed by atoms with Gasteiger partial charge in [0, 0.05) is 18.4 Å². The second-order valence-electron chi connectivity index (χ2n) is 6.01. The summed E-state index contributed by atoms with van der Waals surface area (Å²) < 4.78 is 5.42. The molecule has 1 heterocycles. The molecule has 0 saturated heterocycles. The number of hydrogen-bond donors (Lipinski definition) is 1. The monoisotopic (exact) mass is 249 g/mol.